The number of hydrogen-bond donors (Lipinski definition) is 2. The standard InChI is InChI=1S/C13H12N2O/c14-12(13(15)16)8-10-6-3-5-9-4-1-2-7-11(9)10/h1-7,14H,8H2,(H2,15,16). The number of hydrogen-bond acceptors (Lipinski definition) is 2. The average molecular weight is 212 g/mol. The molecular weight excluding hydrogens is 200 g/mol. The zero-order chi connectivity index (χ0) is 11.5. The molecule has 1 amide bonds. The first-order valence-corrected chi connectivity index (χ1v) is 5.02. The van der Waals surface area contributed by atoms with Crippen LogP contribution in [-0.4, -0.2) is 11.6 Å². The van der Waals surface area contributed by atoms with E-state index in [0.29, 0.717) is 0 Å². The van der Waals surface area contributed by atoms with Gasteiger partial charge in [0.15, 0.2) is 0 Å². The van der Waals surface area contributed by atoms with E-state index in [4.69, 9.17) is 11.1 Å². The fourth-order valence-electron chi connectivity index (χ4n) is 1.72. The fraction of sp³-hybridized carbons (Fsp3) is 0.0769. The van der Waals surface area contributed by atoms with Crippen LogP contribution in [0.25, 0.3) is 10.8 Å². The maximum absolute atomic E-state index is 10.8. The van der Waals surface area contributed by atoms with Gasteiger partial charge in [-0.05, 0) is 16.3 Å². The Morgan fingerprint density at radius 3 is 2.56 bits per heavy atom. The molecular formula is C13H12N2O. The fourth-order valence-corrected chi connectivity index (χ4v) is 1.72. The van der Waals surface area contributed by atoms with Crippen LogP contribution in [0.5, 0.6) is 0 Å². The quantitative estimate of drug-likeness (QED) is 0.749. The summed E-state index contributed by atoms with van der Waals surface area (Å²) in [5, 5.41) is 9.66. The summed E-state index contributed by atoms with van der Waals surface area (Å²) in [6, 6.07) is 13.7. The third-order valence-electron chi connectivity index (χ3n) is 2.54. The molecule has 3 N–H and O–H groups in total. The lowest BCUT2D eigenvalue weighted by Crippen LogP contribution is -2.24. The molecule has 3 nitrogen and oxygen atoms in total. The van der Waals surface area contributed by atoms with E-state index in [0.717, 1.165) is 16.3 Å². The number of carbonyl (C=O) groups is 1. The molecule has 0 aromatic heterocycles. The summed E-state index contributed by atoms with van der Waals surface area (Å²) >= 11 is 0. The second-order valence-electron chi connectivity index (χ2n) is 3.66. The van der Waals surface area contributed by atoms with Gasteiger partial charge < -0.3 is 5.73 Å². The number of nitrogens with one attached hydrogen (secondary N) is 1. The van der Waals surface area contributed by atoms with Crippen LogP contribution in [0.3, 0.4) is 0 Å². The van der Waals surface area contributed by atoms with Crippen LogP contribution in [0.4, 0.5) is 0 Å². The van der Waals surface area contributed by atoms with Crippen LogP contribution in [0, 0.1) is 5.41 Å². The molecule has 0 heterocycles. The predicted molar refractivity (Wildman–Crippen MR) is 64.6 cm³/mol. The Bertz CT molecular complexity index is 555. The van der Waals surface area contributed by atoms with Crippen LogP contribution in [0.15, 0.2) is 42.5 Å². The van der Waals surface area contributed by atoms with Crippen molar-refractivity contribution >= 4 is 22.4 Å². The minimum absolute atomic E-state index is 0.0589. The molecule has 2 rings (SSSR count). The van der Waals surface area contributed by atoms with Crippen molar-refractivity contribution in [3.63, 3.8) is 0 Å². The van der Waals surface area contributed by atoms with E-state index >= 15 is 0 Å². The Morgan fingerprint density at radius 2 is 1.81 bits per heavy atom. The number of benzene rings is 2. The van der Waals surface area contributed by atoms with Gasteiger partial charge in [-0.1, -0.05) is 42.5 Å². The molecule has 0 fully saturated rings. The Labute approximate surface area is 93.4 Å². The summed E-state index contributed by atoms with van der Waals surface area (Å²) in [5.41, 5.74) is 5.97. The van der Waals surface area contributed by atoms with Crippen molar-refractivity contribution < 1.29 is 4.79 Å². The summed E-state index contributed by atoms with van der Waals surface area (Å²) in [4.78, 5) is 10.8. The first kappa shape index (κ1) is 10.4. The normalized spacial score (nSPS) is 10.2. The molecule has 0 atom stereocenters. The van der Waals surface area contributed by atoms with E-state index in [2.05, 4.69) is 0 Å². The molecule has 0 bridgehead atoms. The molecule has 0 spiro atoms. The van der Waals surface area contributed by atoms with E-state index in [1.165, 1.54) is 0 Å². The minimum atomic E-state index is -0.659. The molecule has 80 valence electrons. The van der Waals surface area contributed by atoms with Crippen molar-refractivity contribution in [2.75, 3.05) is 0 Å². The van der Waals surface area contributed by atoms with Gasteiger partial charge in [0, 0.05) is 6.42 Å². The van der Waals surface area contributed by atoms with Crippen LogP contribution in [0.2, 0.25) is 0 Å². The summed E-state index contributed by atoms with van der Waals surface area (Å²) in [6.45, 7) is 0. The molecule has 0 aliphatic carbocycles. The van der Waals surface area contributed by atoms with Gasteiger partial charge in [-0.2, -0.15) is 0 Å². The van der Waals surface area contributed by atoms with Gasteiger partial charge in [0.05, 0.1) is 0 Å². The SMILES string of the molecule is N=C(Cc1cccc2ccccc12)C(N)=O. The Hall–Kier alpha value is -2.16. The number of amides is 1. The molecule has 0 aliphatic rings. The van der Waals surface area contributed by atoms with Crippen molar-refractivity contribution in [1.82, 2.24) is 0 Å². The number of nitrogens with two attached hydrogens (primary N) is 1. The van der Waals surface area contributed by atoms with Gasteiger partial charge >= 0.3 is 0 Å². The molecule has 0 aliphatic heterocycles. The lowest BCUT2D eigenvalue weighted by molar-refractivity contribution is -0.112. The van der Waals surface area contributed by atoms with Gasteiger partial charge in [-0.25, -0.2) is 0 Å². The first-order valence-electron chi connectivity index (χ1n) is 5.02. The van der Waals surface area contributed by atoms with E-state index in [-0.39, 0.29) is 12.1 Å². The van der Waals surface area contributed by atoms with E-state index in [9.17, 15) is 4.79 Å². The smallest absolute Gasteiger partial charge is 0.262 e. The van der Waals surface area contributed by atoms with Crippen molar-refractivity contribution in [1.29, 1.82) is 5.41 Å². The van der Waals surface area contributed by atoms with Crippen molar-refractivity contribution in [2.45, 2.75) is 6.42 Å². The largest absolute Gasteiger partial charge is 0.365 e. The van der Waals surface area contributed by atoms with E-state index in [1.807, 2.05) is 42.5 Å². The zero-order valence-corrected chi connectivity index (χ0v) is 8.73. The highest BCUT2D eigenvalue weighted by Crippen LogP contribution is 2.18. The van der Waals surface area contributed by atoms with Crippen LogP contribution >= 0.6 is 0 Å². The van der Waals surface area contributed by atoms with Crippen molar-refractivity contribution in [3.05, 3.63) is 48.0 Å². The maximum atomic E-state index is 10.8. The summed E-state index contributed by atoms with van der Waals surface area (Å²) in [5.74, 6) is -0.659. The monoisotopic (exact) mass is 212 g/mol. The van der Waals surface area contributed by atoms with Crippen molar-refractivity contribution in [3.8, 4) is 0 Å². The van der Waals surface area contributed by atoms with E-state index < -0.39 is 5.91 Å². The highest BCUT2D eigenvalue weighted by Gasteiger charge is 2.07. The van der Waals surface area contributed by atoms with Crippen LogP contribution in [0.1, 0.15) is 5.56 Å². The number of carbonyl (C=O) groups excluding carboxylic acids is 1. The highest BCUT2D eigenvalue weighted by atomic mass is 16.1. The third kappa shape index (κ3) is 1.93. The first-order chi connectivity index (χ1) is 7.68. The Balaban J connectivity index is 2.45. The van der Waals surface area contributed by atoms with Crippen LogP contribution in [-0.2, 0) is 11.2 Å². The second-order valence-corrected chi connectivity index (χ2v) is 3.66. The number of primary amides is 1. The van der Waals surface area contributed by atoms with Gasteiger partial charge in [0.25, 0.3) is 5.91 Å². The van der Waals surface area contributed by atoms with E-state index in [1.54, 1.807) is 0 Å². The minimum Gasteiger partial charge on any atom is -0.365 e. The third-order valence-corrected chi connectivity index (χ3v) is 2.54. The summed E-state index contributed by atoms with van der Waals surface area (Å²) in [6.07, 6.45) is 0.288. The van der Waals surface area contributed by atoms with Gasteiger partial charge in [0.2, 0.25) is 0 Å². The lowest BCUT2D eigenvalue weighted by atomic mass is 10.00. The summed E-state index contributed by atoms with van der Waals surface area (Å²) < 4.78 is 0. The maximum Gasteiger partial charge on any atom is 0.262 e. The second kappa shape index (κ2) is 4.14. The number of rotatable bonds is 3. The van der Waals surface area contributed by atoms with Crippen LogP contribution < -0.4 is 5.73 Å². The molecule has 0 radical (unpaired) electrons. The Morgan fingerprint density at radius 1 is 1.12 bits per heavy atom. The zero-order valence-electron chi connectivity index (χ0n) is 8.73. The van der Waals surface area contributed by atoms with Gasteiger partial charge in [-0.3, -0.25) is 10.2 Å². The molecule has 0 unspecified atom stereocenters. The van der Waals surface area contributed by atoms with Crippen molar-refractivity contribution in [2.24, 2.45) is 5.73 Å². The molecule has 2 aromatic rings. The molecule has 0 saturated heterocycles. The number of fused-ring (bicyclic) bond motifs is 1. The molecule has 0 saturated carbocycles. The predicted octanol–water partition coefficient (Wildman–Crippen LogP) is 1.89. The average Bonchev–Trinajstić information content (AvgIpc) is 2.29. The van der Waals surface area contributed by atoms with Gasteiger partial charge in [0.1, 0.15) is 5.71 Å². The summed E-state index contributed by atoms with van der Waals surface area (Å²) in [7, 11) is 0. The molecule has 2 aromatic carbocycles. The molecule has 3 heteroatoms. The highest BCUT2D eigenvalue weighted by molar-refractivity contribution is 6.37. The topological polar surface area (TPSA) is 66.9 Å². The van der Waals surface area contributed by atoms with Gasteiger partial charge in [-0.15, -0.1) is 0 Å². The Kier molecular flexibility index (Phi) is 2.68. The lowest BCUT2D eigenvalue weighted by Gasteiger charge is -2.05. The molecule has 16 heavy (non-hydrogen) atoms.